The van der Waals surface area contributed by atoms with Gasteiger partial charge in [0.25, 0.3) is 0 Å². The van der Waals surface area contributed by atoms with E-state index in [9.17, 15) is 4.79 Å². The summed E-state index contributed by atoms with van der Waals surface area (Å²) in [5, 5.41) is 3.02. The third-order valence-electron chi connectivity index (χ3n) is 2.87. The molecular formula is C12H23NO3. The fraction of sp³-hybridized carbons (Fsp3) is 0.917. The Hall–Kier alpha value is -0.610. The monoisotopic (exact) mass is 229 g/mol. The van der Waals surface area contributed by atoms with Gasteiger partial charge in [-0.3, -0.25) is 4.79 Å². The highest BCUT2D eigenvalue weighted by Crippen LogP contribution is 2.10. The molecule has 0 radical (unpaired) electrons. The number of hydrogen-bond acceptors (Lipinski definition) is 4. The van der Waals surface area contributed by atoms with E-state index in [-0.39, 0.29) is 18.1 Å². The van der Waals surface area contributed by atoms with Crippen molar-refractivity contribution in [2.45, 2.75) is 51.2 Å². The number of nitrogens with one attached hydrogen (secondary N) is 1. The average Bonchev–Trinajstić information content (AvgIpc) is 2.23. The van der Waals surface area contributed by atoms with Crippen LogP contribution in [0.1, 0.15) is 39.0 Å². The molecule has 0 spiro atoms. The van der Waals surface area contributed by atoms with Crippen molar-refractivity contribution < 1.29 is 14.3 Å². The van der Waals surface area contributed by atoms with Gasteiger partial charge in [0.15, 0.2) is 0 Å². The van der Waals surface area contributed by atoms with E-state index >= 15 is 0 Å². The molecule has 1 aliphatic rings. The minimum absolute atomic E-state index is 0.0148. The normalized spacial score (nSPS) is 17.9. The Morgan fingerprint density at radius 1 is 1.44 bits per heavy atom. The van der Waals surface area contributed by atoms with Crippen LogP contribution in [0.15, 0.2) is 0 Å². The number of carbonyl (C=O) groups excluding carboxylic acids is 1. The van der Waals surface area contributed by atoms with Crippen LogP contribution in [0.3, 0.4) is 0 Å². The van der Waals surface area contributed by atoms with Crippen LogP contribution in [-0.2, 0) is 14.3 Å². The van der Waals surface area contributed by atoms with Crippen molar-refractivity contribution in [2.75, 3.05) is 20.3 Å². The molecule has 1 atom stereocenters. The van der Waals surface area contributed by atoms with Gasteiger partial charge in [-0.1, -0.05) is 32.6 Å². The summed E-state index contributed by atoms with van der Waals surface area (Å²) in [6, 6.07) is -0.155. The lowest BCUT2D eigenvalue weighted by molar-refractivity contribution is -0.174. The van der Waals surface area contributed by atoms with E-state index < -0.39 is 0 Å². The maximum atomic E-state index is 11.7. The van der Waals surface area contributed by atoms with Gasteiger partial charge in [0, 0.05) is 0 Å². The summed E-state index contributed by atoms with van der Waals surface area (Å²) in [4.78, 5) is 11.7. The molecule has 4 heteroatoms. The van der Waals surface area contributed by atoms with Crippen LogP contribution in [0.5, 0.6) is 0 Å². The van der Waals surface area contributed by atoms with Gasteiger partial charge in [0.2, 0.25) is 0 Å². The van der Waals surface area contributed by atoms with E-state index in [1.54, 1.807) is 0 Å². The lowest BCUT2D eigenvalue weighted by atomic mass is 10.1. The van der Waals surface area contributed by atoms with E-state index in [0.717, 1.165) is 12.8 Å². The number of hydrogen-bond donors (Lipinski definition) is 1. The molecule has 1 rings (SSSR count). The van der Waals surface area contributed by atoms with Crippen LogP contribution >= 0.6 is 0 Å². The van der Waals surface area contributed by atoms with Gasteiger partial charge in [-0.25, -0.2) is 0 Å². The first-order chi connectivity index (χ1) is 7.77. The molecule has 1 fully saturated rings. The predicted octanol–water partition coefficient (Wildman–Crippen LogP) is 1.49. The summed E-state index contributed by atoms with van der Waals surface area (Å²) in [6.45, 7) is 3.29. The number of ether oxygens (including phenoxy) is 2. The standard InChI is InChI=1S/C12H23NO3/c1-3-4-5-6-7-11(13-2)12(14)16-10-8-15-9-10/h10-11,13H,3-9H2,1-2H3. The molecule has 16 heavy (non-hydrogen) atoms. The Labute approximate surface area is 97.7 Å². The molecule has 1 unspecified atom stereocenters. The van der Waals surface area contributed by atoms with Gasteiger partial charge in [0.05, 0.1) is 13.2 Å². The van der Waals surface area contributed by atoms with Gasteiger partial charge < -0.3 is 14.8 Å². The Morgan fingerprint density at radius 2 is 2.19 bits per heavy atom. The Kier molecular flexibility index (Phi) is 6.42. The van der Waals surface area contributed by atoms with Crippen LogP contribution < -0.4 is 5.32 Å². The summed E-state index contributed by atoms with van der Waals surface area (Å²) in [6.07, 6.45) is 5.57. The summed E-state index contributed by atoms with van der Waals surface area (Å²) in [7, 11) is 1.81. The Bertz CT molecular complexity index is 204. The molecular weight excluding hydrogens is 206 g/mol. The SMILES string of the molecule is CCCCCCC(NC)C(=O)OC1COC1. The minimum Gasteiger partial charge on any atom is -0.456 e. The molecule has 0 aromatic rings. The van der Waals surface area contributed by atoms with Gasteiger partial charge >= 0.3 is 5.97 Å². The quantitative estimate of drug-likeness (QED) is 0.506. The van der Waals surface area contributed by atoms with E-state index in [1.165, 1.54) is 19.3 Å². The molecule has 1 N–H and O–H groups in total. The summed E-state index contributed by atoms with van der Waals surface area (Å²) in [5.74, 6) is -0.132. The fourth-order valence-electron chi connectivity index (χ4n) is 1.68. The second kappa shape index (κ2) is 7.63. The highest BCUT2D eigenvalue weighted by atomic mass is 16.6. The number of unbranched alkanes of at least 4 members (excludes halogenated alkanes) is 3. The third kappa shape index (κ3) is 4.49. The Balaban J connectivity index is 2.15. The van der Waals surface area contributed by atoms with Crippen molar-refractivity contribution in [2.24, 2.45) is 0 Å². The van der Waals surface area contributed by atoms with Crippen LogP contribution in [0.2, 0.25) is 0 Å². The molecule has 0 aromatic carbocycles. The molecule has 1 heterocycles. The highest BCUT2D eigenvalue weighted by molar-refractivity contribution is 5.75. The van der Waals surface area contributed by atoms with E-state index in [2.05, 4.69) is 12.2 Å². The molecule has 0 aromatic heterocycles. The van der Waals surface area contributed by atoms with E-state index in [4.69, 9.17) is 9.47 Å². The van der Waals surface area contributed by atoms with Crippen LogP contribution in [0.25, 0.3) is 0 Å². The number of carbonyl (C=O) groups is 1. The second-order valence-corrected chi connectivity index (χ2v) is 4.29. The van der Waals surface area contributed by atoms with E-state index in [0.29, 0.717) is 13.2 Å². The first kappa shape index (κ1) is 13.5. The van der Waals surface area contributed by atoms with Crippen molar-refractivity contribution in [1.29, 1.82) is 0 Å². The second-order valence-electron chi connectivity index (χ2n) is 4.29. The molecule has 0 aliphatic carbocycles. The molecule has 0 saturated carbocycles. The average molecular weight is 229 g/mol. The lowest BCUT2D eigenvalue weighted by Gasteiger charge is -2.27. The molecule has 1 saturated heterocycles. The highest BCUT2D eigenvalue weighted by Gasteiger charge is 2.26. The van der Waals surface area contributed by atoms with Crippen molar-refractivity contribution in [1.82, 2.24) is 5.32 Å². The van der Waals surface area contributed by atoms with Crippen LogP contribution in [0, 0.1) is 0 Å². The van der Waals surface area contributed by atoms with Crippen molar-refractivity contribution in [3.8, 4) is 0 Å². The van der Waals surface area contributed by atoms with Gasteiger partial charge in [-0.05, 0) is 13.5 Å². The van der Waals surface area contributed by atoms with E-state index in [1.807, 2.05) is 7.05 Å². The maximum absolute atomic E-state index is 11.7. The van der Waals surface area contributed by atoms with Gasteiger partial charge in [0.1, 0.15) is 12.1 Å². The third-order valence-corrected chi connectivity index (χ3v) is 2.87. The summed E-state index contributed by atoms with van der Waals surface area (Å²) >= 11 is 0. The minimum atomic E-state index is -0.155. The predicted molar refractivity (Wildman–Crippen MR) is 62.3 cm³/mol. The van der Waals surface area contributed by atoms with Crippen molar-refractivity contribution in [3.05, 3.63) is 0 Å². The zero-order chi connectivity index (χ0) is 11.8. The van der Waals surface area contributed by atoms with Crippen molar-refractivity contribution >= 4 is 5.97 Å². The number of esters is 1. The Morgan fingerprint density at radius 3 is 2.69 bits per heavy atom. The number of likely N-dealkylation sites (N-methyl/N-ethyl adjacent to an activating group) is 1. The van der Waals surface area contributed by atoms with Crippen LogP contribution in [0.4, 0.5) is 0 Å². The summed E-state index contributed by atoms with van der Waals surface area (Å²) in [5.41, 5.74) is 0. The first-order valence-corrected chi connectivity index (χ1v) is 6.23. The molecule has 94 valence electrons. The molecule has 1 aliphatic heterocycles. The summed E-state index contributed by atoms with van der Waals surface area (Å²) < 4.78 is 10.2. The lowest BCUT2D eigenvalue weighted by Crippen LogP contribution is -2.43. The molecule has 4 nitrogen and oxygen atoms in total. The van der Waals surface area contributed by atoms with Gasteiger partial charge in [-0.2, -0.15) is 0 Å². The molecule has 0 amide bonds. The smallest absolute Gasteiger partial charge is 0.323 e. The molecule has 0 bridgehead atoms. The van der Waals surface area contributed by atoms with Gasteiger partial charge in [-0.15, -0.1) is 0 Å². The zero-order valence-corrected chi connectivity index (χ0v) is 10.3. The van der Waals surface area contributed by atoms with Crippen molar-refractivity contribution in [3.63, 3.8) is 0 Å². The number of rotatable bonds is 8. The maximum Gasteiger partial charge on any atom is 0.323 e. The topological polar surface area (TPSA) is 47.6 Å². The first-order valence-electron chi connectivity index (χ1n) is 6.23. The zero-order valence-electron chi connectivity index (χ0n) is 10.3. The van der Waals surface area contributed by atoms with Crippen LogP contribution in [-0.4, -0.2) is 38.4 Å². The largest absolute Gasteiger partial charge is 0.456 e. The fourth-order valence-corrected chi connectivity index (χ4v) is 1.68.